The molecule has 0 bridgehead atoms. The Balaban J connectivity index is 1.77. The van der Waals surface area contributed by atoms with E-state index in [2.05, 4.69) is 0 Å². The molecule has 2 aromatic rings. The normalized spacial score (nSPS) is 19.2. The standard InChI is InChI=1S/C21H24FNO3/c1-14-12-17-13-18(22)6-9-20(17)15(2)23(14)21(24)16-4-7-19(8-5-16)26-11-10-25-3/h4-9,13-15H,10-12H2,1-3H3/t14-,15-/m0/s1. The molecule has 2 atom stereocenters. The number of halogens is 1. The Kier molecular flexibility index (Phi) is 5.57. The van der Waals surface area contributed by atoms with Gasteiger partial charge in [0, 0.05) is 18.7 Å². The molecule has 0 aliphatic carbocycles. The highest BCUT2D eigenvalue weighted by Gasteiger charge is 2.33. The van der Waals surface area contributed by atoms with Gasteiger partial charge in [0.05, 0.1) is 12.6 Å². The van der Waals surface area contributed by atoms with E-state index >= 15 is 0 Å². The molecule has 0 saturated heterocycles. The molecule has 1 aliphatic rings. The fraction of sp³-hybridized carbons (Fsp3) is 0.381. The largest absolute Gasteiger partial charge is 0.491 e. The number of amides is 1. The minimum Gasteiger partial charge on any atom is -0.491 e. The summed E-state index contributed by atoms with van der Waals surface area (Å²) in [4.78, 5) is 14.9. The van der Waals surface area contributed by atoms with Crippen LogP contribution in [0.5, 0.6) is 5.75 Å². The topological polar surface area (TPSA) is 38.8 Å². The molecule has 0 radical (unpaired) electrons. The summed E-state index contributed by atoms with van der Waals surface area (Å²) in [6.07, 6.45) is 0.654. The second-order valence-electron chi connectivity index (χ2n) is 6.65. The van der Waals surface area contributed by atoms with Crippen LogP contribution in [0.1, 0.15) is 41.4 Å². The molecule has 4 nitrogen and oxygen atoms in total. The van der Waals surface area contributed by atoms with Crippen molar-refractivity contribution < 1.29 is 18.7 Å². The Morgan fingerprint density at radius 3 is 2.58 bits per heavy atom. The summed E-state index contributed by atoms with van der Waals surface area (Å²) in [5.74, 6) is 0.453. The maximum atomic E-state index is 13.5. The molecular formula is C21H24FNO3. The van der Waals surface area contributed by atoms with Crippen LogP contribution in [0.2, 0.25) is 0 Å². The first kappa shape index (κ1) is 18.4. The molecule has 0 N–H and O–H groups in total. The molecule has 0 spiro atoms. The van der Waals surface area contributed by atoms with Crippen LogP contribution < -0.4 is 4.74 Å². The number of methoxy groups -OCH3 is 1. The number of hydrogen-bond donors (Lipinski definition) is 0. The van der Waals surface area contributed by atoms with Gasteiger partial charge in [-0.1, -0.05) is 6.07 Å². The smallest absolute Gasteiger partial charge is 0.254 e. The fourth-order valence-electron chi connectivity index (χ4n) is 3.57. The summed E-state index contributed by atoms with van der Waals surface area (Å²) >= 11 is 0. The Morgan fingerprint density at radius 2 is 1.88 bits per heavy atom. The highest BCUT2D eigenvalue weighted by atomic mass is 19.1. The first-order chi connectivity index (χ1) is 12.5. The van der Waals surface area contributed by atoms with Crippen LogP contribution in [0.4, 0.5) is 4.39 Å². The monoisotopic (exact) mass is 357 g/mol. The van der Waals surface area contributed by atoms with Crippen molar-refractivity contribution in [1.29, 1.82) is 0 Å². The molecule has 0 saturated carbocycles. The maximum absolute atomic E-state index is 13.5. The average molecular weight is 357 g/mol. The number of ether oxygens (including phenoxy) is 2. The quantitative estimate of drug-likeness (QED) is 0.759. The summed E-state index contributed by atoms with van der Waals surface area (Å²) in [5.41, 5.74) is 2.61. The first-order valence-electron chi connectivity index (χ1n) is 8.84. The molecule has 1 amide bonds. The van der Waals surface area contributed by atoms with Crippen LogP contribution in [-0.4, -0.2) is 37.2 Å². The van der Waals surface area contributed by atoms with E-state index in [1.807, 2.05) is 18.7 Å². The van der Waals surface area contributed by atoms with Gasteiger partial charge in [-0.05, 0) is 67.8 Å². The molecular weight excluding hydrogens is 333 g/mol. The van der Waals surface area contributed by atoms with Crippen LogP contribution in [0.15, 0.2) is 42.5 Å². The summed E-state index contributed by atoms with van der Waals surface area (Å²) in [6, 6.07) is 11.9. The molecule has 0 fully saturated rings. The predicted octanol–water partition coefficient (Wildman–Crippen LogP) is 4.00. The minimum atomic E-state index is -0.230. The molecule has 1 aliphatic heterocycles. The average Bonchev–Trinajstić information content (AvgIpc) is 2.62. The Bertz CT molecular complexity index is 775. The zero-order chi connectivity index (χ0) is 18.7. The number of fused-ring (bicyclic) bond motifs is 1. The first-order valence-corrected chi connectivity index (χ1v) is 8.84. The van der Waals surface area contributed by atoms with Crippen LogP contribution in [0.25, 0.3) is 0 Å². The summed E-state index contributed by atoms with van der Waals surface area (Å²) in [5, 5.41) is 0. The van der Waals surface area contributed by atoms with Crippen LogP contribution in [-0.2, 0) is 11.2 Å². The second kappa shape index (κ2) is 7.87. The van der Waals surface area contributed by atoms with Crippen LogP contribution >= 0.6 is 0 Å². The SMILES string of the molecule is COCCOc1ccc(C(=O)N2[C@@H](C)Cc3cc(F)ccc3[C@@H]2C)cc1. The van der Waals surface area contributed by atoms with E-state index < -0.39 is 0 Å². The maximum Gasteiger partial charge on any atom is 0.254 e. The number of hydrogen-bond acceptors (Lipinski definition) is 3. The lowest BCUT2D eigenvalue weighted by atomic mass is 9.89. The molecule has 0 aromatic heterocycles. The van der Waals surface area contributed by atoms with Gasteiger partial charge in [-0.3, -0.25) is 4.79 Å². The van der Waals surface area contributed by atoms with Crippen molar-refractivity contribution >= 4 is 5.91 Å². The lowest BCUT2D eigenvalue weighted by Crippen LogP contribution is -2.45. The third kappa shape index (κ3) is 3.73. The zero-order valence-corrected chi connectivity index (χ0v) is 15.4. The third-order valence-electron chi connectivity index (χ3n) is 4.85. The fourth-order valence-corrected chi connectivity index (χ4v) is 3.57. The van der Waals surface area contributed by atoms with E-state index in [1.165, 1.54) is 6.07 Å². The summed E-state index contributed by atoms with van der Waals surface area (Å²) < 4.78 is 24.0. The van der Waals surface area contributed by atoms with Gasteiger partial charge in [-0.15, -0.1) is 0 Å². The van der Waals surface area contributed by atoms with E-state index in [4.69, 9.17) is 9.47 Å². The Morgan fingerprint density at radius 1 is 1.15 bits per heavy atom. The van der Waals surface area contributed by atoms with Crippen LogP contribution in [0, 0.1) is 5.82 Å². The van der Waals surface area contributed by atoms with Crippen LogP contribution in [0.3, 0.4) is 0 Å². The van der Waals surface area contributed by atoms with Crippen molar-refractivity contribution in [3.8, 4) is 5.75 Å². The van der Waals surface area contributed by atoms with Gasteiger partial charge in [-0.2, -0.15) is 0 Å². The van der Waals surface area contributed by atoms with Crippen molar-refractivity contribution in [2.75, 3.05) is 20.3 Å². The molecule has 2 aromatic carbocycles. The van der Waals surface area contributed by atoms with Gasteiger partial charge in [0.25, 0.3) is 5.91 Å². The molecule has 3 rings (SSSR count). The molecule has 1 heterocycles. The van der Waals surface area contributed by atoms with E-state index in [9.17, 15) is 9.18 Å². The van der Waals surface area contributed by atoms with E-state index in [1.54, 1.807) is 43.5 Å². The van der Waals surface area contributed by atoms with Gasteiger partial charge in [0.2, 0.25) is 0 Å². The lowest BCUT2D eigenvalue weighted by Gasteiger charge is -2.40. The highest BCUT2D eigenvalue weighted by molar-refractivity contribution is 5.95. The van der Waals surface area contributed by atoms with E-state index in [0.717, 1.165) is 11.1 Å². The number of benzene rings is 2. The third-order valence-corrected chi connectivity index (χ3v) is 4.85. The van der Waals surface area contributed by atoms with E-state index in [-0.39, 0.29) is 23.8 Å². The van der Waals surface area contributed by atoms with Gasteiger partial charge in [0.1, 0.15) is 18.2 Å². The van der Waals surface area contributed by atoms with Crippen molar-refractivity contribution in [3.05, 3.63) is 65.0 Å². The Labute approximate surface area is 153 Å². The molecule has 0 unspecified atom stereocenters. The summed E-state index contributed by atoms with van der Waals surface area (Å²) in [7, 11) is 1.62. The predicted molar refractivity (Wildman–Crippen MR) is 98.0 cm³/mol. The number of carbonyl (C=O) groups excluding carboxylic acids is 1. The molecule has 138 valence electrons. The van der Waals surface area contributed by atoms with Gasteiger partial charge < -0.3 is 14.4 Å². The van der Waals surface area contributed by atoms with Gasteiger partial charge in [0.15, 0.2) is 0 Å². The molecule has 5 heteroatoms. The number of nitrogens with zero attached hydrogens (tertiary/aromatic N) is 1. The number of rotatable bonds is 5. The molecule has 26 heavy (non-hydrogen) atoms. The van der Waals surface area contributed by atoms with Gasteiger partial charge in [-0.25, -0.2) is 4.39 Å². The van der Waals surface area contributed by atoms with Crippen molar-refractivity contribution in [1.82, 2.24) is 4.90 Å². The Hall–Kier alpha value is -2.40. The second-order valence-corrected chi connectivity index (χ2v) is 6.65. The van der Waals surface area contributed by atoms with Crippen molar-refractivity contribution in [2.24, 2.45) is 0 Å². The van der Waals surface area contributed by atoms with E-state index in [0.29, 0.717) is 30.9 Å². The highest BCUT2D eigenvalue weighted by Crippen LogP contribution is 2.34. The summed E-state index contributed by atoms with van der Waals surface area (Å²) in [6.45, 7) is 4.98. The van der Waals surface area contributed by atoms with Crippen molar-refractivity contribution in [3.63, 3.8) is 0 Å². The van der Waals surface area contributed by atoms with Gasteiger partial charge >= 0.3 is 0 Å². The van der Waals surface area contributed by atoms with Crippen molar-refractivity contribution in [2.45, 2.75) is 32.4 Å². The zero-order valence-electron chi connectivity index (χ0n) is 15.4. The number of carbonyl (C=O) groups is 1. The lowest BCUT2D eigenvalue weighted by molar-refractivity contribution is 0.0580. The minimum absolute atomic E-state index is 0.00410.